The zero-order valence-electron chi connectivity index (χ0n) is 16.8. The van der Waals surface area contributed by atoms with E-state index in [1.807, 2.05) is 16.7 Å². The molecule has 3 heterocycles. The van der Waals surface area contributed by atoms with Crippen molar-refractivity contribution >= 4 is 17.7 Å². The highest BCUT2D eigenvalue weighted by Gasteiger charge is 2.33. The van der Waals surface area contributed by atoms with Crippen molar-refractivity contribution in [3.8, 4) is 0 Å². The van der Waals surface area contributed by atoms with Gasteiger partial charge in [-0.25, -0.2) is 0 Å². The van der Waals surface area contributed by atoms with Crippen molar-refractivity contribution in [2.75, 3.05) is 37.7 Å². The Morgan fingerprint density at radius 3 is 2.48 bits per heavy atom. The number of hydrogen-bond donors (Lipinski definition) is 0. The third-order valence-corrected chi connectivity index (χ3v) is 7.47. The zero-order chi connectivity index (χ0) is 18.6. The van der Waals surface area contributed by atoms with Crippen LogP contribution >= 0.6 is 11.8 Å². The summed E-state index contributed by atoms with van der Waals surface area (Å²) in [5.74, 6) is 2.28. The normalized spacial score (nSPS) is 24.9. The third kappa shape index (κ3) is 4.21. The molecule has 1 amide bonds. The highest BCUT2D eigenvalue weighted by molar-refractivity contribution is 7.99. The minimum absolute atomic E-state index is 0.173. The second-order valence-electron chi connectivity index (χ2n) is 8.19. The molecule has 0 radical (unpaired) electrons. The highest BCUT2D eigenvalue weighted by Crippen LogP contribution is 2.30. The first-order chi connectivity index (χ1) is 13.3. The van der Waals surface area contributed by atoms with E-state index in [0.29, 0.717) is 6.04 Å². The van der Waals surface area contributed by atoms with Gasteiger partial charge in [-0.1, -0.05) is 19.3 Å². The Hall–Kier alpha value is -1.01. The lowest BCUT2D eigenvalue weighted by Crippen LogP contribution is -2.42. The molecule has 0 bridgehead atoms. The first-order valence-corrected chi connectivity index (χ1v) is 12.1. The van der Waals surface area contributed by atoms with Crippen LogP contribution in [0.25, 0.3) is 0 Å². The van der Waals surface area contributed by atoms with Gasteiger partial charge in [0.2, 0.25) is 0 Å². The minimum Gasteiger partial charge on any atom is -0.336 e. The molecule has 4 rings (SSSR count). The predicted molar refractivity (Wildman–Crippen MR) is 112 cm³/mol. The molecule has 0 aromatic carbocycles. The van der Waals surface area contributed by atoms with E-state index in [4.69, 9.17) is 5.10 Å². The number of fused-ring (bicyclic) bond motifs is 1. The monoisotopic (exact) mass is 390 g/mol. The van der Waals surface area contributed by atoms with E-state index in [1.165, 1.54) is 62.9 Å². The van der Waals surface area contributed by atoms with Crippen LogP contribution in [0.5, 0.6) is 0 Å². The van der Waals surface area contributed by atoms with Gasteiger partial charge >= 0.3 is 0 Å². The molecular weight excluding hydrogens is 356 g/mol. The van der Waals surface area contributed by atoms with Crippen molar-refractivity contribution in [3.05, 3.63) is 17.0 Å². The van der Waals surface area contributed by atoms with Crippen molar-refractivity contribution in [1.29, 1.82) is 0 Å². The van der Waals surface area contributed by atoms with Gasteiger partial charge in [-0.15, -0.1) is 0 Å². The summed E-state index contributed by atoms with van der Waals surface area (Å²) in [7, 11) is 0. The largest absolute Gasteiger partial charge is 0.336 e. The fraction of sp³-hybridized carbons (Fsp3) is 0.810. The van der Waals surface area contributed by atoms with Crippen molar-refractivity contribution in [2.45, 2.75) is 70.9 Å². The summed E-state index contributed by atoms with van der Waals surface area (Å²) >= 11 is 1.95. The van der Waals surface area contributed by atoms with Crippen molar-refractivity contribution < 1.29 is 4.79 Å². The zero-order valence-corrected chi connectivity index (χ0v) is 17.6. The van der Waals surface area contributed by atoms with E-state index < -0.39 is 0 Å². The number of rotatable bonds is 3. The number of carbonyl (C=O) groups is 1. The molecule has 0 N–H and O–H groups in total. The van der Waals surface area contributed by atoms with Crippen LogP contribution in [0.2, 0.25) is 0 Å². The lowest BCUT2D eigenvalue weighted by atomic mass is 9.89. The first kappa shape index (κ1) is 19.3. The molecule has 1 aromatic heterocycles. The van der Waals surface area contributed by atoms with Gasteiger partial charge in [-0.3, -0.25) is 9.48 Å². The molecule has 6 heteroatoms. The molecule has 2 saturated heterocycles. The number of amides is 1. The molecule has 150 valence electrons. The number of thioether (sulfide) groups is 1. The molecular formula is C21H34N4OS. The number of aryl methyl sites for hydroxylation is 1. The molecule has 2 aliphatic heterocycles. The number of nitrogens with zero attached hydrogens (tertiary/aromatic N) is 4. The summed E-state index contributed by atoms with van der Waals surface area (Å²) in [6, 6.07) is 0.591. The number of hydrogen-bond acceptors (Lipinski definition) is 4. The molecule has 1 unspecified atom stereocenters. The van der Waals surface area contributed by atoms with Crippen LogP contribution in [0, 0.1) is 0 Å². The Kier molecular flexibility index (Phi) is 6.43. The lowest BCUT2D eigenvalue weighted by Gasteiger charge is -2.36. The first-order valence-electron chi connectivity index (χ1n) is 11.0. The van der Waals surface area contributed by atoms with Crippen LogP contribution in [0.4, 0.5) is 0 Å². The quantitative estimate of drug-likeness (QED) is 0.795. The average Bonchev–Trinajstić information content (AvgIpc) is 3.06. The van der Waals surface area contributed by atoms with Gasteiger partial charge in [-0.05, 0) is 52.1 Å². The van der Waals surface area contributed by atoms with E-state index >= 15 is 0 Å². The van der Waals surface area contributed by atoms with Crippen LogP contribution in [0.3, 0.4) is 0 Å². The molecule has 1 aliphatic carbocycles. The molecule has 0 saturated carbocycles. The molecule has 2 fully saturated rings. The van der Waals surface area contributed by atoms with E-state index in [2.05, 4.69) is 16.5 Å². The Morgan fingerprint density at radius 1 is 1.07 bits per heavy atom. The standard InChI is InChI=1S/C21H34N4OS/c1-2-25-19-9-8-17(23-10-6-4-3-5-7-11-23)16-18(19)20(22-25)21(26)24-12-14-27-15-13-24/h17H,2-16H2,1H3. The summed E-state index contributed by atoms with van der Waals surface area (Å²) in [4.78, 5) is 18.0. The van der Waals surface area contributed by atoms with Gasteiger partial charge in [-0.2, -0.15) is 16.9 Å². The fourth-order valence-corrected chi connectivity index (χ4v) is 5.87. The Labute approximate surface area is 167 Å². The molecule has 27 heavy (non-hydrogen) atoms. The smallest absolute Gasteiger partial charge is 0.274 e. The van der Waals surface area contributed by atoms with E-state index in [0.717, 1.165) is 49.7 Å². The summed E-state index contributed by atoms with van der Waals surface area (Å²) in [6.45, 7) is 7.20. The van der Waals surface area contributed by atoms with Crippen molar-refractivity contribution in [3.63, 3.8) is 0 Å². The van der Waals surface area contributed by atoms with Gasteiger partial charge in [0.05, 0.1) is 0 Å². The van der Waals surface area contributed by atoms with Gasteiger partial charge in [0.1, 0.15) is 0 Å². The van der Waals surface area contributed by atoms with Gasteiger partial charge in [0.15, 0.2) is 5.69 Å². The van der Waals surface area contributed by atoms with Crippen LogP contribution in [0.1, 0.15) is 67.2 Å². The van der Waals surface area contributed by atoms with E-state index in [9.17, 15) is 4.79 Å². The van der Waals surface area contributed by atoms with Crippen LogP contribution in [-0.4, -0.2) is 69.2 Å². The summed E-state index contributed by atoms with van der Waals surface area (Å²) in [6.07, 6.45) is 10.1. The van der Waals surface area contributed by atoms with Crippen LogP contribution in [0.15, 0.2) is 0 Å². The molecule has 1 aromatic rings. The summed E-state index contributed by atoms with van der Waals surface area (Å²) in [5.41, 5.74) is 3.35. The van der Waals surface area contributed by atoms with Crippen molar-refractivity contribution in [2.24, 2.45) is 0 Å². The number of likely N-dealkylation sites (tertiary alicyclic amines) is 1. The second kappa shape index (κ2) is 8.99. The summed E-state index contributed by atoms with van der Waals surface area (Å²) < 4.78 is 2.10. The van der Waals surface area contributed by atoms with Gasteiger partial charge in [0.25, 0.3) is 5.91 Å². The predicted octanol–water partition coefficient (Wildman–Crippen LogP) is 3.22. The minimum atomic E-state index is 0.173. The third-order valence-electron chi connectivity index (χ3n) is 6.53. The topological polar surface area (TPSA) is 41.4 Å². The number of aromatic nitrogens is 2. The summed E-state index contributed by atoms with van der Waals surface area (Å²) in [5, 5.41) is 4.80. The maximum absolute atomic E-state index is 13.2. The van der Waals surface area contributed by atoms with Crippen molar-refractivity contribution in [1.82, 2.24) is 19.6 Å². The molecule has 1 atom stereocenters. The molecule has 5 nitrogen and oxygen atoms in total. The Bertz CT molecular complexity index is 645. The fourth-order valence-electron chi connectivity index (χ4n) is 4.97. The Balaban J connectivity index is 1.55. The van der Waals surface area contributed by atoms with Crippen LogP contribution in [-0.2, 0) is 19.4 Å². The van der Waals surface area contributed by atoms with Gasteiger partial charge in [0, 0.05) is 48.4 Å². The number of carbonyl (C=O) groups excluding carboxylic acids is 1. The highest BCUT2D eigenvalue weighted by atomic mass is 32.2. The maximum atomic E-state index is 13.2. The molecule has 3 aliphatic rings. The van der Waals surface area contributed by atoms with Crippen LogP contribution < -0.4 is 0 Å². The SMILES string of the molecule is CCn1nc(C(=O)N2CCSCC2)c2c1CCC(N1CCCCCCC1)C2. The Morgan fingerprint density at radius 2 is 1.78 bits per heavy atom. The van der Waals surface area contributed by atoms with Gasteiger partial charge < -0.3 is 9.80 Å². The van der Waals surface area contributed by atoms with E-state index in [-0.39, 0.29) is 5.91 Å². The average molecular weight is 391 g/mol. The van der Waals surface area contributed by atoms with E-state index in [1.54, 1.807) is 0 Å². The maximum Gasteiger partial charge on any atom is 0.274 e. The lowest BCUT2D eigenvalue weighted by molar-refractivity contribution is 0.0763. The second-order valence-corrected chi connectivity index (χ2v) is 9.42. The molecule has 0 spiro atoms.